The fraction of sp³-hybridized carbons (Fsp3) is 0.857. The van der Waals surface area contributed by atoms with Crippen molar-refractivity contribution in [2.24, 2.45) is 0 Å². The maximum absolute atomic E-state index is 12.7. The predicted molar refractivity (Wildman–Crippen MR) is 236 cm³/mol. The van der Waals surface area contributed by atoms with Gasteiger partial charge < -0.3 is 28.6 Å². The van der Waals surface area contributed by atoms with Crippen LogP contribution in [0.2, 0.25) is 0 Å². The van der Waals surface area contributed by atoms with Crippen molar-refractivity contribution in [2.45, 2.75) is 231 Å². The number of esters is 2. The van der Waals surface area contributed by atoms with Crippen LogP contribution in [0.3, 0.4) is 0 Å². The molecule has 0 aliphatic rings. The summed E-state index contributed by atoms with van der Waals surface area (Å²) in [5.74, 6) is -1.74. The van der Waals surface area contributed by atoms with Crippen molar-refractivity contribution in [1.29, 1.82) is 0 Å². The van der Waals surface area contributed by atoms with Gasteiger partial charge >= 0.3 is 11.9 Å². The molecule has 0 saturated heterocycles. The Morgan fingerprint density at radius 1 is 0.509 bits per heavy atom. The minimum atomic E-state index is -1.12. The van der Waals surface area contributed by atoms with Crippen LogP contribution < -0.4 is 5.11 Å². The number of rotatable bonds is 43. The topological polar surface area (TPSA) is 102 Å². The van der Waals surface area contributed by atoms with Crippen LogP contribution in [0.5, 0.6) is 0 Å². The Labute approximate surface area is 351 Å². The summed E-state index contributed by atoms with van der Waals surface area (Å²) in [6.45, 7) is 4.66. The minimum Gasteiger partial charge on any atom is -0.544 e. The van der Waals surface area contributed by atoms with Crippen LogP contribution in [-0.2, 0) is 28.6 Å². The van der Waals surface area contributed by atoms with E-state index in [1.165, 1.54) is 135 Å². The molecule has 0 heterocycles. The van der Waals surface area contributed by atoms with Gasteiger partial charge in [-0.2, -0.15) is 0 Å². The van der Waals surface area contributed by atoms with E-state index in [1.54, 1.807) is 21.1 Å². The smallest absolute Gasteiger partial charge is 0.306 e. The second-order valence-corrected chi connectivity index (χ2v) is 17.3. The van der Waals surface area contributed by atoms with Gasteiger partial charge in [-0.25, -0.2) is 0 Å². The number of carbonyl (C=O) groups is 3. The number of allylic oxidation sites excluding steroid dienone is 4. The van der Waals surface area contributed by atoms with Crippen LogP contribution in [-0.4, -0.2) is 75.5 Å². The van der Waals surface area contributed by atoms with Crippen LogP contribution in [0.4, 0.5) is 0 Å². The molecular formula is C49H91NO7. The van der Waals surface area contributed by atoms with E-state index in [0.29, 0.717) is 12.8 Å². The zero-order valence-corrected chi connectivity index (χ0v) is 38.0. The summed E-state index contributed by atoms with van der Waals surface area (Å²) >= 11 is 0. The molecule has 0 saturated carbocycles. The van der Waals surface area contributed by atoms with Crippen LogP contribution >= 0.6 is 0 Å². The van der Waals surface area contributed by atoms with Crippen molar-refractivity contribution >= 4 is 17.9 Å². The highest BCUT2D eigenvalue weighted by molar-refractivity contribution is 5.70. The lowest BCUT2D eigenvalue weighted by molar-refractivity contribution is -0.889. The second-order valence-electron chi connectivity index (χ2n) is 17.3. The van der Waals surface area contributed by atoms with Gasteiger partial charge in [-0.1, -0.05) is 160 Å². The van der Waals surface area contributed by atoms with Crippen molar-refractivity contribution in [3.05, 3.63) is 24.3 Å². The molecule has 0 fully saturated rings. The molecule has 0 aromatic rings. The number of hydrogen-bond acceptors (Lipinski definition) is 7. The highest BCUT2D eigenvalue weighted by atomic mass is 16.6. The maximum Gasteiger partial charge on any atom is 0.306 e. The molecule has 57 heavy (non-hydrogen) atoms. The lowest BCUT2D eigenvalue weighted by Crippen LogP contribution is -2.55. The number of ether oxygens (including phenoxy) is 3. The third-order valence-corrected chi connectivity index (χ3v) is 10.8. The van der Waals surface area contributed by atoms with Gasteiger partial charge in [-0.05, 0) is 64.2 Å². The molecule has 2 unspecified atom stereocenters. The standard InChI is InChI=1S/C49H91NO7/c1-6-8-10-12-14-16-18-20-22-23-24-26-28-30-32-34-36-38-40-48(52)57-45(43-55-42-41-46(49(53)54)50(3,4)5)44-56-47(51)39-37-35-33-31-29-27-25-21-19-17-15-13-11-9-7-2/h17,19,24,26,45-46H,6-16,18,20-23,25,27-44H2,1-5H3/b19-17+,26-24+. The van der Waals surface area contributed by atoms with E-state index in [4.69, 9.17) is 14.2 Å². The largest absolute Gasteiger partial charge is 0.544 e. The first kappa shape index (κ1) is 54.8. The molecule has 0 aromatic heterocycles. The first-order valence-corrected chi connectivity index (χ1v) is 23.9. The fourth-order valence-electron chi connectivity index (χ4n) is 7.06. The van der Waals surface area contributed by atoms with E-state index in [0.717, 1.165) is 51.4 Å². The van der Waals surface area contributed by atoms with Gasteiger partial charge in [-0.15, -0.1) is 0 Å². The molecule has 8 nitrogen and oxygen atoms in total. The third kappa shape index (κ3) is 39.1. The summed E-state index contributed by atoms with van der Waals surface area (Å²) in [5.41, 5.74) is 0. The Morgan fingerprint density at radius 3 is 1.28 bits per heavy atom. The summed E-state index contributed by atoms with van der Waals surface area (Å²) < 4.78 is 17.2. The lowest BCUT2D eigenvalue weighted by Gasteiger charge is -2.34. The number of nitrogens with zero attached hydrogens (tertiary/aromatic N) is 1. The third-order valence-electron chi connectivity index (χ3n) is 10.8. The van der Waals surface area contributed by atoms with E-state index in [-0.39, 0.29) is 42.7 Å². The Morgan fingerprint density at radius 2 is 0.877 bits per heavy atom. The van der Waals surface area contributed by atoms with Crippen LogP contribution in [0.25, 0.3) is 0 Å². The summed E-state index contributed by atoms with van der Waals surface area (Å²) in [4.78, 5) is 36.9. The lowest BCUT2D eigenvalue weighted by atomic mass is 10.1. The zero-order chi connectivity index (χ0) is 42.1. The van der Waals surface area contributed by atoms with Crippen molar-refractivity contribution < 1.29 is 38.2 Å². The summed E-state index contributed by atoms with van der Waals surface area (Å²) in [7, 11) is 5.41. The molecule has 0 aliphatic carbocycles. The summed E-state index contributed by atoms with van der Waals surface area (Å²) in [6, 6.07) is -0.726. The number of aliphatic carboxylic acids is 1. The monoisotopic (exact) mass is 806 g/mol. The van der Waals surface area contributed by atoms with E-state index in [1.807, 2.05) is 0 Å². The van der Waals surface area contributed by atoms with Gasteiger partial charge in [0, 0.05) is 19.3 Å². The number of carboxylic acids is 1. The minimum absolute atomic E-state index is 0.0390. The normalized spacial score (nSPS) is 13.1. The zero-order valence-electron chi connectivity index (χ0n) is 38.0. The molecule has 0 N–H and O–H groups in total. The molecule has 0 amide bonds. The van der Waals surface area contributed by atoms with Crippen molar-refractivity contribution in [3.8, 4) is 0 Å². The molecule has 8 heteroatoms. The van der Waals surface area contributed by atoms with E-state index in [9.17, 15) is 19.5 Å². The molecule has 0 rings (SSSR count). The number of carbonyl (C=O) groups excluding carboxylic acids is 3. The Balaban J connectivity index is 4.30. The Hall–Kier alpha value is -2.19. The van der Waals surface area contributed by atoms with Crippen molar-refractivity contribution in [3.63, 3.8) is 0 Å². The van der Waals surface area contributed by atoms with Crippen LogP contribution in [0, 0.1) is 0 Å². The summed E-state index contributed by atoms with van der Waals surface area (Å²) in [5, 5.41) is 11.6. The van der Waals surface area contributed by atoms with Crippen LogP contribution in [0.15, 0.2) is 24.3 Å². The van der Waals surface area contributed by atoms with E-state index in [2.05, 4.69) is 38.2 Å². The number of carboxylic acid groups (broad SMARTS) is 1. The van der Waals surface area contributed by atoms with Gasteiger partial charge in [-0.3, -0.25) is 9.59 Å². The van der Waals surface area contributed by atoms with Gasteiger partial charge in [0.15, 0.2) is 6.10 Å². The van der Waals surface area contributed by atoms with Gasteiger partial charge in [0.1, 0.15) is 12.6 Å². The first-order chi connectivity index (χ1) is 27.6. The summed E-state index contributed by atoms with van der Waals surface area (Å²) in [6.07, 6.45) is 44.8. The Bertz CT molecular complexity index is 989. The second kappa shape index (κ2) is 40.6. The van der Waals surface area contributed by atoms with E-state index < -0.39 is 18.1 Å². The molecule has 2 atom stereocenters. The van der Waals surface area contributed by atoms with Gasteiger partial charge in [0.25, 0.3) is 0 Å². The van der Waals surface area contributed by atoms with Crippen molar-refractivity contribution in [2.75, 3.05) is 41.0 Å². The Kier molecular flexibility index (Phi) is 39.0. The quantitative estimate of drug-likeness (QED) is 0.0262. The number of likely N-dealkylation sites (N-methyl/N-ethyl adjacent to an activating group) is 1. The number of unbranched alkanes of at least 4 members (excludes halogenated alkanes) is 25. The molecule has 0 bridgehead atoms. The first-order valence-electron chi connectivity index (χ1n) is 23.9. The van der Waals surface area contributed by atoms with Crippen molar-refractivity contribution in [1.82, 2.24) is 0 Å². The molecule has 0 spiro atoms. The van der Waals surface area contributed by atoms with Gasteiger partial charge in [0.05, 0.1) is 40.3 Å². The number of quaternary nitrogens is 1. The predicted octanol–water partition coefficient (Wildman–Crippen LogP) is 11.9. The highest BCUT2D eigenvalue weighted by Gasteiger charge is 2.25. The molecule has 0 aromatic carbocycles. The molecule has 334 valence electrons. The highest BCUT2D eigenvalue weighted by Crippen LogP contribution is 2.15. The average molecular weight is 806 g/mol. The molecular weight excluding hydrogens is 715 g/mol. The van der Waals surface area contributed by atoms with Crippen LogP contribution in [0.1, 0.15) is 219 Å². The maximum atomic E-state index is 12.7. The molecule has 0 aliphatic heterocycles. The van der Waals surface area contributed by atoms with Gasteiger partial charge in [0.2, 0.25) is 0 Å². The SMILES string of the molecule is CCCCCC/C=C/CCCCCCCCCC(=O)OCC(COCCC(C(=O)[O-])[N+](C)(C)C)OC(=O)CCCCCCC/C=C/CCCCCCCCCCC. The number of hydrogen-bond donors (Lipinski definition) is 0. The average Bonchev–Trinajstić information content (AvgIpc) is 3.17. The van der Waals surface area contributed by atoms with E-state index >= 15 is 0 Å². The molecule has 0 radical (unpaired) electrons. The fourth-order valence-corrected chi connectivity index (χ4v) is 7.06.